The van der Waals surface area contributed by atoms with Crippen LogP contribution in [-0.2, 0) is 6.54 Å². The van der Waals surface area contributed by atoms with Crippen molar-refractivity contribution in [3.8, 4) is 11.3 Å². The molecule has 0 saturated heterocycles. The van der Waals surface area contributed by atoms with Crippen LogP contribution in [0.3, 0.4) is 0 Å². The first-order chi connectivity index (χ1) is 14.6. The molecule has 0 N–H and O–H groups in total. The summed E-state index contributed by atoms with van der Waals surface area (Å²) < 4.78 is 1.88. The lowest BCUT2D eigenvalue weighted by Gasteiger charge is -2.30. The summed E-state index contributed by atoms with van der Waals surface area (Å²) in [5.74, 6) is 0.643. The van der Waals surface area contributed by atoms with Crippen molar-refractivity contribution in [3.63, 3.8) is 0 Å². The van der Waals surface area contributed by atoms with Gasteiger partial charge in [-0.3, -0.25) is 4.90 Å². The summed E-state index contributed by atoms with van der Waals surface area (Å²) in [5.41, 5.74) is 9.40. The molecule has 0 aliphatic carbocycles. The summed E-state index contributed by atoms with van der Waals surface area (Å²) in [6, 6.07) is 17.3. The summed E-state index contributed by atoms with van der Waals surface area (Å²) >= 11 is 0. The first-order valence-electron chi connectivity index (χ1n) is 10.4. The van der Waals surface area contributed by atoms with Gasteiger partial charge in [-0.2, -0.15) is 14.6 Å². The first kappa shape index (κ1) is 18.7. The maximum Gasteiger partial charge on any atom is 0.253 e. The molecule has 0 bridgehead atoms. The molecule has 0 atom stereocenters. The number of hydrogen-bond donors (Lipinski definition) is 0. The van der Waals surface area contributed by atoms with Crippen LogP contribution < -0.4 is 0 Å². The molecule has 30 heavy (non-hydrogen) atoms. The molecule has 3 heterocycles. The van der Waals surface area contributed by atoms with Crippen molar-refractivity contribution in [3.05, 3.63) is 82.8 Å². The number of benzene rings is 2. The minimum Gasteiger partial charge on any atom is -0.295 e. The number of hydrogen-bond acceptors (Lipinski definition) is 4. The molecule has 0 radical (unpaired) electrons. The average molecular weight is 396 g/mol. The SMILES string of the molecule is CCN1C/C(=C/c2ccc(C)cc2)c2nc3ncnn3c(-c3ccc(C)cc3)c2C1. The molecule has 0 fully saturated rings. The summed E-state index contributed by atoms with van der Waals surface area (Å²) in [6.07, 6.45) is 3.85. The summed E-state index contributed by atoms with van der Waals surface area (Å²) in [7, 11) is 0. The van der Waals surface area contributed by atoms with Gasteiger partial charge in [-0.25, -0.2) is 4.98 Å². The van der Waals surface area contributed by atoms with Crippen molar-refractivity contribution in [1.82, 2.24) is 24.5 Å². The minimum atomic E-state index is 0.643. The molecule has 0 amide bonds. The van der Waals surface area contributed by atoms with Gasteiger partial charge in [0, 0.05) is 24.2 Å². The predicted molar refractivity (Wildman–Crippen MR) is 121 cm³/mol. The van der Waals surface area contributed by atoms with Crippen LogP contribution in [0.2, 0.25) is 0 Å². The molecule has 1 aliphatic heterocycles. The van der Waals surface area contributed by atoms with Gasteiger partial charge in [-0.15, -0.1) is 0 Å². The van der Waals surface area contributed by atoms with Gasteiger partial charge in [0.15, 0.2) is 0 Å². The number of rotatable bonds is 3. The first-order valence-corrected chi connectivity index (χ1v) is 10.4. The second-order valence-electron chi connectivity index (χ2n) is 8.01. The highest BCUT2D eigenvalue weighted by Gasteiger charge is 2.27. The Labute approximate surface area is 176 Å². The van der Waals surface area contributed by atoms with Gasteiger partial charge < -0.3 is 0 Å². The highest BCUT2D eigenvalue weighted by Crippen LogP contribution is 2.35. The zero-order valence-corrected chi connectivity index (χ0v) is 17.6. The van der Waals surface area contributed by atoms with Gasteiger partial charge in [0.2, 0.25) is 0 Å². The lowest BCUT2D eigenvalue weighted by molar-refractivity contribution is 0.307. The molecule has 5 heteroatoms. The van der Waals surface area contributed by atoms with E-state index in [2.05, 4.69) is 90.4 Å². The van der Waals surface area contributed by atoms with Gasteiger partial charge in [0.1, 0.15) is 6.33 Å². The maximum absolute atomic E-state index is 4.94. The molecule has 5 nitrogen and oxygen atoms in total. The van der Waals surface area contributed by atoms with Crippen LogP contribution >= 0.6 is 0 Å². The van der Waals surface area contributed by atoms with Gasteiger partial charge in [0.25, 0.3) is 5.78 Å². The van der Waals surface area contributed by atoms with Crippen molar-refractivity contribution in [2.24, 2.45) is 0 Å². The molecule has 2 aromatic carbocycles. The van der Waals surface area contributed by atoms with E-state index in [1.54, 1.807) is 6.33 Å². The van der Waals surface area contributed by atoms with Gasteiger partial charge >= 0.3 is 0 Å². The lowest BCUT2D eigenvalue weighted by Crippen LogP contribution is -2.31. The monoisotopic (exact) mass is 395 g/mol. The Bertz CT molecular complexity index is 1230. The third-order valence-electron chi connectivity index (χ3n) is 5.80. The van der Waals surface area contributed by atoms with E-state index < -0.39 is 0 Å². The second kappa shape index (κ2) is 7.50. The number of aryl methyl sites for hydroxylation is 2. The summed E-state index contributed by atoms with van der Waals surface area (Å²) in [5, 5.41) is 4.50. The van der Waals surface area contributed by atoms with Crippen LogP contribution in [0, 0.1) is 13.8 Å². The van der Waals surface area contributed by atoms with Crippen molar-refractivity contribution < 1.29 is 0 Å². The van der Waals surface area contributed by atoms with Crippen LogP contribution in [0.5, 0.6) is 0 Å². The van der Waals surface area contributed by atoms with Crippen LogP contribution in [0.1, 0.15) is 34.9 Å². The van der Waals surface area contributed by atoms with Crippen LogP contribution in [0.4, 0.5) is 0 Å². The van der Waals surface area contributed by atoms with Crippen molar-refractivity contribution >= 4 is 17.4 Å². The fourth-order valence-corrected chi connectivity index (χ4v) is 4.10. The largest absolute Gasteiger partial charge is 0.295 e. The van der Waals surface area contributed by atoms with Crippen molar-refractivity contribution in [2.45, 2.75) is 27.3 Å². The Kier molecular flexibility index (Phi) is 4.68. The fourth-order valence-electron chi connectivity index (χ4n) is 4.10. The maximum atomic E-state index is 4.94. The molecule has 0 spiro atoms. The van der Waals surface area contributed by atoms with Crippen molar-refractivity contribution in [2.75, 3.05) is 13.1 Å². The van der Waals surface area contributed by atoms with Crippen LogP contribution in [0.15, 0.2) is 54.9 Å². The zero-order valence-electron chi connectivity index (χ0n) is 17.6. The average Bonchev–Trinajstić information content (AvgIpc) is 3.23. The highest BCUT2D eigenvalue weighted by molar-refractivity contribution is 5.86. The Morgan fingerprint density at radius 1 is 0.933 bits per heavy atom. The quantitative estimate of drug-likeness (QED) is 0.501. The topological polar surface area (TPSA) is 46.3 Å². The molecule has 0 unspecified atom stereocenters. The molecular weight excluding hydrogens is 370 g/mol. The van der Waals surface area contributed by atoms with Gasteiger partial charge in [-0.05, 0) is 37.6 Å². The van der Waals surface area contributed by atoms with E-state index in [4.69, 9.17) is 4.98 Å². The van der Waals surface area contributed by atoms with E-state index in [9.17, 15) is 0 Å². The summed E-state index contributed by atoms with van der Waals surface area (Å²) in [4.78, 5) is 11.8. The number of likely N-dealkylation sites (N-methyl/N-ethyl adjacent to an activating group) is 1. The lowest BCUT2D eigenvalue weighted by atomic mass is 9.94. The number of aromatic nitrogens is 4. The van der Waals surface area contributed by atoms with E-state index in [0.29, 0.717) is 5.78 Å². The van der Waals surface area contributed by atoms with E-state index >= 15 is 0 Å². The van der Waals surface area contributed by atoms with E-state index in [-0.39, 0.29) is 0 Å². The van der Waals surface area contributed by atoms with E-state index in [1.807, 2.05) is 4.52 Å². The zero-order chi connectivity index (χ0) is 20.7. The van der Waals surface area contributed by atoms with Crippen LogP contribution in [0.25, 0.3) is 28.7 Å². The summed E-state index contributed by atoms with van der Waals surface area (Å²) in [6.45, 7) is 9.14. The molecule has 1 aliphatic rings. The van der Waals surface area contributed by atoms with E-state index in [0.717, 1.165) is 36.6 Å². The second-order valence-corrected chi connectivity index (χ2v) is 8.01. The van der Waals surface area contributed by atoms with Crippen LogP contribution in [-0.4, -0.2) is 37.6 Å². The number of fused-ring (bicyclic) bond motifs is 2. The minimum absolute atomic E-state index is 0.643. The Balaban J connectivity index is 1.76. The third kappa shape index (κ3) is 3.31. The van der Waals surface area contributed by atoms with E-state index in [1.165, 1.54) is 27.8 Å². The van der Waals surface area contributed by atoms with Gasteiger partial charge in [0.05, 0.1) is 11.4 Å². The standard InChI is InChI=1S/C25H25N5/c1-4-29-14-21(13-19-9-5-17(2)6-10-19)23-22(15-29)24(20-11-7-18(3)8-12-20)30-25(28-23)26-16-27-30/h5-13,16H,4,14-15H2,1-3H3/b21-13-. The number of nitrogens with zero attached hydrogens (tertiary/aromatic N) is 5. The molecule has 150 valence electrons. The normalized spacial score (nSPS) is 15.6. The fraction of sp³-hybridized carbons (Fsp3) is 0.240. The van der Waals surface area contributed by atoms with Gasteiger partial charge in [-0.1, -0.05) is 66.6 Å². The molecule has 5 rings (SSSR count). The molecule has 4 aromatic rings. The predicted octanol–water partition coefficient (Wildman–Crippen LogP) is 4.78. The molecule has 2 aromatic heterocycles. The Morgan fingerprint density at radius 3 is 2.33 bits per heavy atom. The smallest absolute Gasteiger partial charge is 0.253 e. The molecule has 0 saturated carbocycles. The molecular formula is C25H25N5. The van der Waals surface area contributed by atoms with Crippen molar-refractivity contribution in [1.29, 1.82) is 0 Å². The highest BCUT2D eigenvalue weighted by atomic mass is 15.3. The third-order valence-corrected chi connectivity index (χ3v) is 5.80. The Hall–Kier alpha value is -3.31. The Morgan fingerprint density at radius 2 is 1.63 bits per heavy atom.